The average molecular weight is 468 g/mol. The van der Waals surface area contributed by atoms with Crippen LogP contribution in [-0.4, -0.2) is 37.1 Å². The number of nitrogens with zero attached hydrogens (tertiary/aromatic N) is 2. The Bertz CT molecular complexity index is 1220. The van der Waals surface area contributed by atoms with Gasteiger partial charge in [-0.05, 0) is 62.7 Å². The Hall–Kier alpha value is -3.71. The normalized spacial score (nSPS) is 18.2. The first-order chi connectivity index (χ1) is 17.0. The second-order valence-corrected chi connectivity index (χ2v) is 9.04. The molecule has 7 heteroatoms. The summed E-state index contributed by atoms with van der Waals surface area (Å²) in [6.45, 7) is 11.2. The minimum absolute atomic E-state index is 0.0293. The van der Waals surface area contributed by atoms with Crippen molar-refractivity contribution in [1.29, 1.82) is 0 Å². The molecule has 1 aliphatic heterocycles. The molecular weight excluding hydrogens is 439 g/mol. The summed E-state index contributed by atoms with van der Waals surface area (Å²) in [5.74, 6) is 3.75. The Kier molecular flexibility index (Phi) is 6.51. The van der Waals surface area contributed by atoms with Gasteiger partial charge in [0.2, 0.25) is 0 Å². The molecule has 5 rings (SSSR count). The highest BCUT2D eigenvalue weighted by Crippen LogP contribution is 2.41. The highest BCUT2D eigenvalue weighted by molar-refractivity contribution is 6.61. The molecule has 1 aromatic heterocycles. The van der Waals surface area contributed by atoms with E-state index < -0.39 is 7.12 Å². The molecule has 2 aliphatic rings. The maximum absolute atomic E-state index is 6.38. The van der Waals surface area contributed by atoms with Gasteiger partial charge in [0.15, 0.2) is 0 Å². The Labute approximate surface area is 206 Å². The van der Waals surface area contributed by atoms with E-state index in [1.165, 1.54) is 5.56 Å². The summed E-state index contributed by atoms with van der Waals surface area (Å²) >= 11 is 0. The lowest BCUT2D eigenvalue weighted by Gasteiger charge is -2.27. The lowest BCUT2D eigenvalue weighted by atomic mass is 9.78. The number of ether oxygens (including phenoxy) is 2. The molecule has 2 heterocycles. The fraction of sp³-hybridized carbons (Fsp3) is 0.250. The van der Waals surface area contributed by atoms with Gasteiger partial charge in [0.1, 0.15) is 23.4 Å². The van der Waals surface area contributed by atoms with E-state index in [1.54, 1.807) is 6.20 Å². The standard InChI is InChI=1S/C28H29BN2O4/c1-19-17-31(4)18-20(2)35-29(34-19)22-10-12-23(13-11-22)32-28-15-14-25-24(28)7-5-8-27(25)33-26-9-6-16-30-21(26)3/h5-13,16,28H,1-2,14-15,17-18H2,3-4H3/t28-/m1/s1. The van der Waals surface area contributed by atoms with Crippen LogP contribution in [0.25, 0.3) is 0 Å². The van der Waals surface area contributed by atoms with Crippen LogP contribution in [0.1, 0.15) is 29.3 Å². The van der Waals surface area contributed by atoms with E-state index >= 15 is 0 Å². The smallest absolute Gasteiger partial charge is 0.525 e. The molecule has 2 aromatic carbocycles. The first-order valence-corrected chi connectivity index (χ1v) is 11.8. The molecule has 3 aromatic rings. The second-order valence-electron chi connectivity index (χ2n) is 9.04. The number of benzene rings is 2. The van der Waals surface area contributed by atoms with Gasteiger partial charge in [0.05, 0.1) is 30.3 Å². The van der Waals surface area contributed by atoms with Crippen molar-refractivity contribution in [3.8, 4) is 17.2 Å². The maximum atomic E-state index is 6.38. The summed E-state index contributed by atoms with van der Waals surface area (Å²) in [6, 6.07) is 17.8. The summed E-state index contributed by atoms with van der Waals surface area (Å²) in [6.07, 6.45) is 3.54. The van der Waals surface area contributed by atoms with E-state index in [1.807, 2.05) is 67.4 Å². The first kappa shape index (κ1) is 23.1. The molecule has 1 saturated heterocycles. The molecule has 6 nitrogen and oxygen atoms in total. The molecule has 0 saturated carbocycles. The number of pyridine rings is 1. The van der Waals surface area contributed by atoms with E-state index in [0.29, 0.717) is 24.6 Å². The number of aromatic nitrogens is 1. The largest absolute Gasteiger partial charge is 0.632 e. The molecule has 178 valence electrons. The van der Waals surface area contributed by atoms with Gasteiger partial charge in [0.25, 0.3) is 0 Å². The Morgan fingerprint density at radius 3 is 2.40 bits per heavy atom. The molecule has 35 heavy (non-hydrogen) atoms. The second kappa shape index (κ2) is 9.88. The van der Waals surface area contributed by atoms with Gasteiger partial charge in [-0.3, -0.25) is 9.88 Å². The van der Waals surface area contributed by atoms with Crippen molar-refractivity contribution in [3.05, 3.63) is 102 Å². The number of rotatable bonds is 5. The quantitative estimate of drug-likeness (QED) is 0.494. The van der Waals surface area contributed by atoms with Gasteiger partial charge in [-0.15, -0.1) is 0 Å². The topological polar surface area (TPSA) is 53.1 Å². The van der Waals surface area contributed by atoms with Gasteiger partial charge in [-0.2, -0.15) is 0 Å². The molecular formula is C28H29BN2O4. The van der Waals surface area contributed by atoms with Gasteiger partial charge < -0.3 is 18.8 Å². The summed E-state index contributed by atoms with van der Waals surface area (Å²) in [5, 5.41) is 0. The highest BCUT2D eigenvalue weighted by Gasteiger charge is 2.30. The fourth-order valence-corrected chi connectivity index (χ4v) is 4.56. The monoisotopic (exact) mass is 468 g/mol. The van der Waals surface area contributed by atoms with Crippen molar-refractivity contribution in [2.24, 2.45) is 0 Å². The van der Waals surface area contributed by atoms with Crippen LogP contribution in [0.3, 0.4) is 0 Å². The van der Waals surface area contributed by atoms with Gasteiger partial charge in [-0.1, -0.05) is 37.4 Å². The summed E-state index contributed by atoms with van der Waals surface area (Å²) in [7, 11) is 1.41. The zero-order valence-corrected chi connectivity index (χ0v) is 20.2. The van der Waals surface area contributed by atoms with Crippen LogP contribution in [-0.2, 0) is 15.7 Å². The molecule has 0 spiro atoms. The molecule has 1 fully saturated rings. The van der Waals surface area contributed by atoms with Crippen LogP contribution in [0.15, 0.2) is 85.5 Å². The van der Waals surface area contributed by atoms with Gasteiger partial charge >= 0.3 is 7.12 Å². The predicted molar refractivity (Wildman–Crippen MR) is 137 cm³/mol. The Balaban J connectivity index is 1.29. The number of likely N-dealkylation sites (N-methyl/N-ethyl adjacent to an activating group) is 1. The third kappa shape index (κ3) is 5.20. The van der Waals surface area contributed by atoms with Crippen molar-refractivity contribution >= 4 is 12.6 Å². The summed E-state index contributed by atoms with van der Waals surface area (Å²) < 4.78 is 24.5. The fourth-order valence-electron chi connectivity index (χ4n) is 4.56. The summed E-state index contributed by atoms with van der Waals surface area (Å²) in [4.78, 5) is 6.37. The minimum atomic E-state index is -0.569. The highest BCUT2D eigenvalue weighted by atomic mass is 16.6. The summed E-state index contributed by atoms with van der Waals surface area (Å²) in [5.41, 5.74) is 4.11. The molecule has 0 radical (unpaired) electrons. The van der Waals surface area contributed by atoms with Crippen molar-refractivity contribution in [2.45, 2.75) is 25.9 Å². The molecule has 1 aliphatic carbocycles. The first-order valence-electron chi connectivity index (χ1n) is 11.8. The van der Waals surface area contributed by atoms with Crippen molar-refractivity contribution < 1.29 is 18.8 Å². The third-order valence-electron chi connectivity index (χ3n) is 6.22. The minimum Gasteiger partial charge on any atom is -0.525 e. The van der Waals surface area contributed by atoms with E-state index in [4.69, 9.17) is 18.8 Å². The zero-order chi connectivity index (χ0) is 24.4. The van der Waals surface area contributed by atoms with E-state index in [0.717, 1.165) is 46.8 Å². The van der Waals surface area contributed by atoms with Crippen LogP contribution in [0.4, 0.5) is 0 Å². The lowest BCUT2D eigenvalue weighted by Crippen LogP contribution is -2.41. The van der Waals surface area contributed by atoms with Crippen molar-refractivity contribution in [1.82, 2.24) is 9.88 Å². The molecule has 0 N–H and O–H groups in total. The number of fused-ring (bicyclic) bond motifs is 1. The number of aryl methyl sites for hydroxylation is 1. The lowest BCUT2D eigenvalue weighted by molar-refractivity contribution is 0.207. The van der Waals surface area contributed by atoms with E-state index in [-0.39, 0.29) is 6.10 Å². The molecule has 0 bridgehead atoms. The van der Waals surface area contributed by atoms with Crippen LogP contribution >= 0.6 is 0 Å². The van der Waals surface area contributed by atoms with Gasteiger partial charge in [0, 0.05) is 17.2 Å². The van der Waals surface area contributed by atoms with E-state index in [9.17, 15) is 0 Å². The van der Waals surface area contributed by atoms with Crippen LogP contribution in [0.2, 0.25) is 0 Å². The Morgan fingerprint density at radius 2 is 1.69 bits per heavy atom. The van der Waals surface area contributed by atoms with Gasteiger partial charge in [-0.25, -0.2) is 0 Å². The number of hydrogen-bond acceptors (Lipinski definition) is 6. The average Bonchev–Trinajstić information content (AvgIpc) is 3.23. The van der Waals surface area contributed by atoms with Crippen molar-refractivity contribution in [3.63, 3.8) is 0 Å². The third-order valence-corrected chi connectivity index (χ3v) is 6.22. The Morgan fingerprint density at radius 1 is 0.971 bits per heavy atom. The zero-order valence-electron chi connectivity index (χ0n) is 20.2. The SMILES string of the molecule is C=C1CN(C)CC(=C)OB(c2ccc(O[C@@H]3CCc4c(Oc5cccnc5C)cccc43)cc2)O1. The van der Waals surface area contributed by atoms with Crippen LogP contribution in [0, 0.1) is 6.92 Å². The van der Waals surface area contributed by atoms with Crippen molar-refractivity contribution in [2.75, 3.05) is 20.1 Å². The predicted octanol–water partition coefficient (Wildman–Crippen LogP) is 4.95. The van der Waals surface area contributed by atoms with E-state index in [2.05, 4.69) is 24.2 Å². The molecule has 0 unspecified atom stereocenters. The molecule has 1 atom stereocenters. The number of hydrogen-bond donors (Lipinski definition) is 0. The maximum Gasteiger partial charge on any atom is 0.632 e. The van der Waals surface area contributed by atoms with Crippen LogP contribution < -0.4 is 14.9 Å². The molecule has 0 amide bonds. The van der Waals surface area contributed by atoms with Crippen LogP contribution in [0.5, 0.6) is 17.2 Å².